The first-order valence-electron chi connectivity index (χ1n) is 18.1. The van der Waals surface area contributed by atoms with Gasteiger partial charge in [-0.2, -0.15) is 0 Å². The lowest BCUT2D eigenvalue weighted by atomic mass is 10.1. The second-order valence-corrected chi connectivity index (χ2v) is 14.1. The number of ether oxygens (including phenoxy) is 2. The van der Waals surface area contributed by atoms with Crippen molar-refractivity contribution < 1.29 is 52.8 Å². The van der Waals surface area contributed by atoms with Crippen LogP contribution in [0.1, 0.15) is 155 Å². The molecule has 0 atom stereocenters. The molecule has 0 aromatic heterocycles. The van der Waals surface area contributed by atoms with Crippen molar-refractivity contribution in [1.82, 2.24) is 0 Å². The number of esters is 2. The second kappa shape index (κ2) is 32.4. The predicted molar refractivity (Wildman–Crippen MR) is 179 cm³/mol. The van der Waals surface area contributed by atoms with Crippen molar-refractivity contribution in [2.75, 3.05) is 67.6 Å². The van der Waals surface area contributed by atoms with Crippen LogP contribution in [0.25, 0.3) is 0 Å². The summed E-state index contributed by atoms with van der Waals surface area (Å²) in [5, 5.41) is 0. The minimum absolute atomic E-state index is 0. The van der Waals surface area contributed by atoms with Gasteiger partial charge in [0.25, 0.3) is 0 Å². The average Bonchev–Trinajstić information content (AvgIpc) is 2.93. The molecule has 44 heavy (non-hydrogen) atoms. The highest BCUT2D eigenvalue weighted by Gasteiger charge is 2.17. The number of likely N-dealkylation sites (N-methyl/N-ethyl adjacent to an activating group) is 2. The highest BCUT2D eigenvalue weighted by atomic mass is 35.5. The van der Waals surface area contributed by atoms with Gasteiger partial charge in [-0.05, 0) is 38.5 Å². The van der Waals surface area contributed by atoms with Crippen molar-refractivity contribution in [1.29, 1.82) is 0 Å². The Hall–Kier alpha value is -0.560. The highest BCUT2D eigenvalue weighted by molar-refractivity contribution is 5.69. The van der Waals surface area contributed by atoms with Gasteiger partial charge in [-0.3, -0.25) is 9.59 Å². The normalized spacial score (nSPS) is 11.5. The maximum atomic E-state index is 12.1. The summed E-state index contributed by atoms with van der Waals surface area (Å²) in [5.41, 5.74) is 0. The molecule has 266 valence electrons. The zero-order valence-electron chi connectivity index (χ0n) is 30.1. The van der Waals surface area contributed by atoms with Gasteiger partial charge in [0, 0.05) is 12.8 Å². The quantitative estimate of drug-likeness (QED) is 0.0648. The zero-order valence-corrected chi connectivity index (χ0v) is 31.6. The van der Waals surface area contributed by atoms with Crippen molar-refractivity contribution in [3.8, 4) is 0 Å². The molecule has 0 saturated carbocycles. The zero-order chi connectivity index (χ0) is 31.4. The molecule has 8 heteroatoms. The summed E-state index contributed by atoms with van der Waals surface area (Å²) in [5.74, 6) is -0.177. The van der Waals surface area contributed by atoms with Gasteiger partial charge < -0.3 is 43.3 Å². The molecule has 0 aliphatic heterocycles. The van der Waals surface area contributed by atoms with Crippen molar-refractivity contribution in [3.63, 3.8) is 0 Å². The Balaban J connectivity index is -0.00000840. The summed E-state index contributed by atoms with van der Waals surface area (Å²) in [6.07, 6.45) is 25.9. The predicted octanol–water partition coefficient (Wildman–Crippen LogP) is 2.86. The van der Waals surface area contributed by atoms with E-state index in [1.807, 2.05) is 0 Å². The molecule has 6 nitrogen and oxygen atoms in total. The Kier molecular flexibility index (Phi) is 35.2. The minimum atomic E-state index is -0.0887. The number of rotatable bonds is 31. The van der Waals surface area contributed by atoms with Crippen molar-refractivity contribution in [2.45, 2.75) is 155 Å². The summed E-state index contributed by atoms with van der Waals surface area (Å²) >= 11 is 0. The van der Waals surface area contributed by atoms with Gasteiger partial charge in [0.1, 0.15) is 26.3 Å². The number of unbranched alkanes of at least 4 members (excludes halogenated alkanes) is 17. The first-order chi connectivity index (χ1) is 20.1. The van der Waals surface area contributed by atoms with Gasteiger partial charge in [0.2, 0.25) is 0 Å². The third kappa shape index (κ3) is 34.3. The first kappa shape index (κ1) is 47.8. The van der Waals surface area contributed by atoms with E-state index in [-0.39, 0.29) is 36.8 Å². The Morgan fingerprint density at radius 2 is 0.682 bits per heavy atom. The van der Waals surface area contributed by atoms with Crippen LogP contribution in [0.15, 0.2) is 0 Å². The molecule has 0 bridgehead atoms. The maximum Gasteiger partial charge on any atom is 0.305 e. The topological polar surface area (TPSA) is 52.6 Å². The molecule has 0 aliphatic carbocycles. The van der Waals surface area contributed by atoms with E-state index in [0.29, 0.717) is 26.1 Å². The van der Waals surface area contributed by atoms with Crippen LogP contribution in [0.4, 0.5) is 0 Å². The molecule has 0 amide bonds. The molecule has 0 spiro atoms. The maximum absolute atomic E-state index is 12.1. The van der Waals surface area contributed by atoms with Crippen LogP contribution in [0.5, 0.6) is 0 Å². The lowest BCUT2D eigenvalue weighted by Crippen LogP contribution is -3.00. The van der Waals surface area contributed by atoms with Gasteiger partial charge in [0.05, 0.1) is 41.3 Å². The van der Waals surface area contributed by atoms with E-state index in [9.17, 15) is 9.59 Å². The van der Waals surface area contributed by atoms with E-state index in [0.717, 1.165) is 60.8 Å². The lowest BCUT2D eigenvalue weighted by Gasteiger charge is -2.29. The van der Waals surface area contributed by atoms with Crippen LogP contribution < -0.4 is 24.8 Å². The third-order valence-corrected chi connectivity index (χ3v) is 8.67. The molecular formula is C36H74Cl2N2O4. The van der Waals surface area contributed by atoms with E-state index in [1.54, 1.807) is 0 Å². The van der Waals surface area contributed by atoms with Gasteiger partial charge in [-0.25, -0.2) is 0 Å². The largest absolute Gasteiger partial charge is 1.00 e. The Morgan fingerprint density at radius 1 is 0.409 bits per heavy atom. The van der Waals surface area contributed by atoms with Crippen LogP contribution >= 0.6 is 0 Å². The van der Waals surface area contributed by atoms with Gasteiger partial charge in [-0.15, -0.1) is 0 Å². The second-order valence-electron chi connectivity index (χ2n) is 14.1. The van der Waals surface area contributed by atoms with Crippen LogP contribution in [0, 0.1) is 0 Å². The third-order valence-electron chi connectivity index (χ3n) is 8.67. The van der Waals surface area contributed by atoms with E-state index in [2.05, 4.69) is 42.0 Å². The Morgan fingerprint density at radius 3 is 1.00 bits per heavy atom. The molecule has 0 radical (unpaired) electrons. The molecule has 0 aromatic rings. The van der Waals surface area contributed by atoms with Crippen molar-refractivity contribution in [2.24, 2.45) is 0 Å². The fourth-order valence-electron chi connectivity index (χ4n) is 5.42. The standard InChI is InChI=1S/C36H74N2O4.2ClH/c1-7-9-11-13-15-17-21-25-29-37(3,4)31-33-41-35(39)27-23-19-20-24-28-36(40)42-34-32-38(5,6)30-26-22-18-16-14-12-10-8-2;;/h7-34H2,1-6H3;2*1H/q+2;;/p-2. The summed E-state index contributed by atoms with van der Waals surface area (Å²) in [6, 6.07) is 0. The van der Waals surface area contributed by atoms with Crippen molar-refractivity contribution in [3.05, 3.63) is 0 Å². The lowest BCUT2D eigenvalue weighted by molar-refractivity contribution is -0.890. The number of nitrogens with zero attached hydrogens (tertiary/aromatic N) is 2. The van der Waals surface area contributed by atoms with Crippen LogP contribution in [0.2, 0.25) is 0 Å². The van der Waals surface area contributed by atoms with Gasteiger partial charge >= 0.3 is 11.9 Å². The van der Waals surface area contributed by atoms with Crippen LogP contribution in [-0.4, -0.2) is 88.5 Å². The fraction of sp³-hybridized carbons (Fsp3) is 0.944. The highest BCUT2D eigenvalue weighted by Crippen LogP contribution is 2.12. The molecule has 0 aliphatic rings. The monoisotopic (exact) mass is 669 g/mol. The number of hydrogen-bond donors (Lipinski definition) is 0. The van der Waals surface area contributed by atoms with E-state index >= 15 is 0 Å². The molecule has 0 unspecified atom stereocenters. The summed E-state index contributed by atoms with van der Waals surface area (Å²) in [4.78, 5) is 24.2. The number of halogens is 2. The van der Waals surface area contributed by atoms with E-state index < -0.39 is 0 Å². The molecule has 0 aromatic carbocycles. The average molecular weight is 670 g/mol. The van der Waals surface area contributed by atoms with Crippen LogP contribution in [0.3, 0.4) is 0 Å². The van der Waals surface area contributed by atoms with E-state index in [4.69, 9.17) is 9.47 Å². The van der Waals surface area contributed by atoms with Gasteiger partial charge in [-0.1, -0.05) is 104 Å². The van der Waals surface area contributed by atoms with Crippen molar-refractivity contribution >= 4 is 11.9 Å². The Labute approximate surface area is 286 Å². The molecule has 0 fully saturated rings. The molecule has 0 heterocycles. The van der Waals surface area contributed by atoms with Gasteiger partial charge in [0.15, 0.2) is 0 Å². The minimum Gasteiger partial charge on any atom is -1.00 e. The van der Waals surface area contributed by atoms with E-state index in [1.165, 1.54) is 103 Å². The Bertz CT molecular complexity index is 594. The fourth-order valence-corrected chi connectivity index (χ4v) is 5.42. The number of hydrogen-bond acceptors (Lipinski definition) is 4. The summed E-state index contributed by atoms with van der Waals surface area (Å²) in [6.45, 7) is 9.57. The number of quaternary nitrogens is 2. The molecule has 0 N–H and O–H groups in total. The number of carbonyl (C=O) groups excluding carboxylic acids is 2. The molecule has 0 rings (SSSR count). The summed E-state index contributed by atoms with van der Waals surface area (Å²) < 4.78 is 12.8. The molecule has 0 saturated heterocycles. The summed E-state index contributed by atoms with van der Waals surface area (Å²) in [7, 11) is 8.94. The van der Waals surface area contributed by atoms with Crippen LogP contribution in [-0.2, 0) is 19.1 Å². The number of carbonyl (C=O) groups is 2. The SMILES string of the molecule is CCCCCCCCCC[N+](C)(C)CCOC(=O)CCCCCCC(=O)OCC[N+](C)(C)CCCCCCCCCC.[Cl-].[Cl-]. The first-order valence-corrected chi connectivity index (χ1v) is 18.1. The smallest absolute Gasteiger partial charge is 0.305 e. The molecular weight excluding hydrogens is 595 g/mol.